The molecule has 2 saturated heterocycles. The SMILES string of the molecule is CNC(C)C(=O)NC(C(=O)N1CCCC1C(=O)Nc1cc2c(Nc3ccc(N4CCOCC4)cc3)ncnc2cc1OC)C(C)(C)C.Cl. The number of benzene rings is 2. The molecule has 4 N–H and O–H groups in total. The van der Waals surface area contributed by atoms with Crippen molar-refractivity contribution in [3.63, 3.8) is 0 Å². The molecule has 48 heavy (non-hydrogen) atoms. The van der Waals surface area contributed by atoms with Gasteiger partial charge in [0.2, 0.25) is 17.7 Å². The molecule has 5 rings (SSSR count). The molecule has 0 bridgehead atoms. The Morgan fingerprint density at radius 3 is 2.40 bits per heavy atom. The number of aromatic nitrogens is 2. The first kappa shape index (κ1) is 36.6. The lowest BCUT2D eigenvalue weighted by Gasteiger charge is -2.36. The van der Waals surface area contributed by atoms with E-state index in [1.54, 1.807) is 31.0 Å². The number of amides is 3. The molecule has 0 spiro atoms. The molecule has 0 radical (unpaired) electrons. The first-order valence-electron chi connectivity index (χ1n) is 16.1. The molecule has 2 fully saturated rings. The van der Waals surface area contributed by atoms with Gasteiger partial charge in [-0.2, -0.15) is 0 Å². The highest BCUT2D eigenvalue weighted by Crippen LogP contribution is 2.34. The number of ether oxygens (including phenoxy) is 2. The molecular formula is C34H47ClN8O5. The molecule has 3 heterocycles. The third-order valence-electron chi connectivity index (χ3n) is 8.79. The third kappa shape index (κ3) is 8.26. The highest BCUT2D eigenvalue weighted by atomic mass is 35.5. The molecule has 2 aliphatic rings. The fraction of sp³-hybridized carbons (Fsp3) is 0.500. The first-order valence-corrected chi connectivity index (χ1v) is 16.1. The lowest BCUT2D eigenvalue weighted by Crippen LogP contribution is -2.59. The minimum atomic E-state index is -0.803. The number of anilines is 4. The van der Waals surface area contributed by atoms with Gasteiger partial charge in [-0.1, -0.05) is 20.8 Å². The molecule has 0 aliphatic carbocycles. The van der Waals surface area contributed by atoms with Crippen LogP contribution < -0.4 is 30.9 Å². The Bertz CT molecular complexity index is 1590. The number of fused-ring (bicyclic) bond motifs is 1. The molecule has 1 aromatic heterocycles. The highest BCUT2D eigenvalue weighted by Gasteiger charge is 2.42. The maximum absolute atomic E-state index is 13.9. The van der Waals surface area contributed by atoms with Gasteiger partial charge in [0.25, 0.3) is 0 Å². The van der Waals surface area contributed by atoms with Crippen LogP contribution in [0, 0.1) is 5.41 Å². The van der Waals surface area contributed by atoms with Crippen LogP contribution in [0.25, 0.3) is 10.9 Å². The quantitative estimate of drug-likeness (QED) is 0.249. The van der Waals surface area contributed by atoms with Crippen molar-refractivity contribution in [2.75, 3.05) is 62.5 Å². The number of likely N-dealkylation sites (tertiary alicyclic amines) is 1. The van der Waals surface area contributed by atoms with Gasteiger partial charge >= 0.3 is 0 Å². The van der Waals surface area contributed by atoms with E-state index in [1.165, 1.54) is 13.4 Å². The predicted octanol–water partition coefficient (Wildman–Crippen LogP) is 3.71. The molecule has 3 aromatic rings. The van der Waals surface area contributed by atoms with Gasteiger partial charge in [0.15, 0.2) is 0 Å². The monoisotopic (exact) mass is 682 g/mol. The Morgan fingerprint density at radius 1 is 1.04 bits per heavy atom. The number of morpholine rings is 1. The van der Waals surface area contributed by atoms with Crippen LogP contribution in [-0.4, -0.2) is 97.7 Å². The second-order valence-corrected chi connectivity index (χ2v) is 13.1. The Kier molecular flexibility index (Phi) is 12.1. The highest BCUT2D eigenvalue weighted by molar-refractivity contribution is 6.03. The Morgan fingerprint density at radius 2 is 1.75 bits per heavy atom. The molecule has 3 amide bonds. The topological polar surface area (TPSA) is 150 Å². The molecule has 2 aliphatic heterocycles. The summed E-state index contributed by atoms with van der Waals surface area (Å²) < 4.78 is 11.1. The van der Waals surface area contributed by atoms with E-state index in [0.29, 0.717) is 47.5 Å². The minimum Gasteiger partial charge on any atom is -0.494 e. The summed E-state index contributed by atoms with van der Waals surface area (Å²) in [6.45, 7) is 11.0. The van der Waals surface area contributed by atoms with Gasteiger partial charge in [-0.25, -0.2) is 9.97 Å². The van der Waals surface area contributed by atoms with E-state index in [9.17, 15) is 14.4 Å². The Hall–Kier alpha value is -4.20. The number of rotatable bonds is 10. The summed E-state index contributed by atoms with van der Waals surface area (Å²) in [7, 11) is 3.22. The first-order chi connectivity index (χ1) is 22.5. The zero-order valence-electron chi connectivity index (χ0n) is 28.5. The maximum atomic E-state index is 13.9. The summed E-state index contributed by atoms with van der Waals surface area (Å²) in [5.41, 5.74) is 2.49. The van der Waals surface area contributed by atoms with Crippen LogP contribution in [0.3, 0.4) is 0 Å². The number of nitrogens with one attached hydrogen (secondary N) is 4. The summed E-state index contributed by atoms with van der Waals surface area (Å²) in [4.78, 5) is 53.2. The van der Waals surface area contributed by atoms with Crippen molar-refractivity contribution in [2.45, 2.75) is 58.7 Å². The minimum absolute atomic E-state index is 0. The van der Waals surface area contributed by atoms with Crippen LogP contribution in [0.1, 0.15) is 40.5 Å². The molecular weight excluding hydrogens is 636 g/mol. The van der Waals surface area contributed by atoms with E-state index in [4.69, 9.17) is 9.47 Å². The van der Waals surface area contributed by atoms with Crippen LogP contribution in [0.15, 0.2) is 42.7 Å². The van der Waals surface area contributed by atoms with E-state index >= 15 is 0 Å². The third-order valence-corrected chi connectivity index (χ3v) is 8.79. The number of carbonyl (C=O) groups excluding carboxylic acids is 3. The van der Waals surface area contributed by atoms with Crippen LogP contribution in [0.2, 0.25) is 0 Å². The van der Waals surface area contributed by atoms with Crippen molar-refractivity contribution in [3.05, 3.63) is 42.7 Å². The second-order valence-electron chi connectivity index (χ2n) is 13.1. The number of hydrogen-bond acceptors (Lipinski definition) is 10. The lowest BCUT2D eigenvalue weighted by molar-refractivity contribution is -0.143. The van der Waals surface area contributed by atoms with Gasteiger partial charge < -0.3 is 40.5 Å². The molecule has 13 nitrogen and oxygen atoms in total. The van der Waals surface area contributed by atoms with Crippen molar-refractivity contribution in [1.82, 2.24) is 25.5 Å². The summed E-state index contributed by atoms with van der Waals surface area (Å²) in [6.07, 6.45) is 2.65. The number of hydrogen-bond donors (Lipinski definition) is 4. The predicted molar refractivity (Wildman–Crippen MR) is 189 cm³/mol. The molecule has 3 unspecified atom stereocenters. The molecule has 3 atom stereocenters. The normalized spacial score (nSPS) is 17.7. The van der Waals surface area contributed by atoms with Gasteiger partial charge in [0.1, 0.15) is 30.0 Å². The molecule has 260 valence electrons. The Balaban J connectivity index is 0.00000520. The molecule has 14 heteroatoms. The van der Waals surface area contributed by atoms with Gasteiger partial charge in [0, 0.05) is 42.5 Å². The Labute approximate surface area is 287 Å². The fourth-order valence-electron chi connectivity index (χ4n) is 5.90. The number of nitrogens with zero attached hydrogens (tertiary/aromatic N) is 4. The van der Waals surface area contributed by atoms with E-state index in [1.807, 2.05) is 32.9 Å². The average Bonchev–Trinajstić information content (AvgIpc) is 3.57. The van der Waals surface area contributed by atoms with Gasteiger partial charge in [-0.05, 0) is 62.6 Å². The summed E-state index contributed by atoms with van der Waals surface area (Å²) >= 11 is 0. The van der Waals surface area contributed by atoms with Crippen molar-refractivity contribution in [2.24, 2.45) is 5.41 Å². The van der Waals surface area contributed by atoms with Crippen molar-refractivity contribution < 1.29 is 23.9 Å². The smallest absolute Gasteiger partial charge is 0.247 e. The van der Waals surface area contributed by atoms with E-state index in [-0.39, 0.29) is 30.1 Å². The van der Waals surface area contributed by atoms with E-state index in [0.717, 1.165) is 37.7 Å². The van der Waals surface area contributed by atoms with Gasteiger partial charge in [-0.15, -0.1) is 12.4 Å². The summed E-state index contributed by atoms with van der Waals surface area (Å²) in [5.74, 6) is 0.117. The summed E-state index contributed by atoms with van der Waals surface area (Å²) in [5, 5.41) is 12.9. The number of methoxy groups -OCH3 is 1. The summed E-state index contributed by atoms with van der Waals surface area (Å²) in [6, 6.07) is 9.70. The van der Waals surface area contributed by atoms with Crippen LogP contribution >= 0.6 is 12.4 Å². The number of likely N-dealkylation sites (N-methyl/N-ethyl adjacent to an activating group) is 1. The van der Waals surface area contributed by atoms with Crippen molar-refractivity contribution in [3.8, 4) is 5.75 Å². The zero-order valence-corrected chi connectivity index (χ0v) is 29.3. The van der Waals surface area contributed by atoms with Gasteiger partial charge in [-0.3, -0.25) is 14.4 Å². The van der Waals surface area contributed by atoms with Crippen LogP contribution in [-0.2, 0) is 19.1 Å². The van der Waals surface area contributed by atoms with E-state index < -0.39 is 23.5 Å². The van der Waals surface area contributed by atoms with E-state index in [2.05, 4.69) is 48.3 Å². The lowest BCUT2D eigenvalue weighted by atomic mass is 9.85. The zero-order chi connectivity index (χ0) is 33.7. The average molecular weight is 683 g/mol. The molecule has 2 aromatic carbocycles. The largest absolute Gasteiger partial charge is 0.494 e. The van der Waals surface area contributed by atoms with Crippen LogP contribution in [0.4, 0.5) is 22.9 Å². The standard InChI is InChI=1S/C34H46N8O5.ClH/c1-21(35-5)31(43)40-29(34(2,3)4)33(45)42-13-7-8-27(42)32(44)39-26-18-24-25(19-28(26)46-6)36-20-37-30(24)38-22-9-11-23(12-10-22)41-14-16-47-17-15-41;/h9-12,18-21,27,29,35H,7-8,13-17H2,1-6H3,(H,39,44)(H,40,43)(H,36,37,38);1H. The fourth-order valence-corrected chi connectivity index (χ4v) is 5.90. The van der Waals surface area contributed by atoms with Crippen molar-refractivity contribution in [1.29, 1.82) is 0 Å². The maximum Gasteiger partial charge on any atom is 0.247 e. The molecule has 0 saturated carbocycles. The number of carbonyl (C=O) groups is 3. The van der Waals surface area contributed by atoms with Crippen molar-refractivity contribution >= 4 is 63.9 Å². The second kappa shape index (κ2) is 15.8. The van der Waals surface area contributed by atoms with Gasteiger partial charge in [0.05, 0.1) is 37.6 Å². The number of halogens is 1. The van der Waals surface area contributed by atoms with Crippen LogP contribution in [0.5, 0.6) is 5.75 Å².